The average Bonchev–Trinajstić information content (AvgIpc) is 3.42. The zero-order valence-electron chi connectivity index (χ0n) is 15.6. The molecule has 0 aromatic rings. The summed E-state index contributed by atoms with van der Waals surface area (Å²) in [6.45, 7) is 5.99. The van der Waals surface area contributed by atoms with E-state index in [-0.39, 0.29) is 17.1 Å². The highest BCUT2D eigenvalue weighted by molar-refractivity contribution is 5.32. The van der Waals surface area contributed by atoms with Crippen LogP contribution in [-0.4, -0.2) is 34.1 Å². The van der Waals surface area contributed by atoms with Gasteiger partial charge in [0.25, 0.3) is 0 Å². The van der Waals surface area contributed by atoms with Crippen LogP contribution < -0.4 is 0 Å². The Morgan fingerprint density at radius 2 is 1.64 bits per heavy atom. The molecule has 2 N–H and O–H groups in total. The largest absolute Gasteiger partial charge is 0.393 e. The van der Waals surface area contributed by atoms with Gasteiger partial charge >= 0.3 is 0 Å². The van der Waals surface area contributed by atoms with Gasteiger partial charge in [0.1, 0.15) is 5.60 Å². The molecule has 12 atom stereocenters. The lowest BCUT2D eigenvalue weighted by atomic mass is 9.42. The Balaban J connectivity index is 1.34. The molecule has 6 aliphatic carbocycles. The van der Waals surface area contributed by atoms with Crippen molar-refractivity contribution in [2.75, 3.05) is 6.61 Å². The third kappa shape index (κ3) is 1.35. The summed E-state index contributed by atoms with van der Waals surface area (Å²) in [5, 5.41) is 22.1. The molecule has 6 saturated carbocycles. The summed E-state index contributed by atoms with van der Waals surface area (Å²) in [6, 6.07) is 0. The molecule has 0 radical (unpaired) electrons. The van der Waals surface area contributed by atoms with Crippen LogP contribution in [0, 0.1) is 52.3 Å². The first kappa shape index (κ1) is 14.9. The van der Waals surface area contributed by atoms with Gasteiger partial charge in [-0.3, -0.25) is 0 Å². The molecule has 3 nitrogen and oxygen atoms in total. The van der Waals surface area contributed by atoms with Gasteiger partial charge in [0.05, 0.1) is 18.3 Å². The second-order valence-electron chi connectivity index (χ2n) is 11.6. The fourth-order valence-corrected chi connectivity index (χ4v) is 9.89. The second-order valence-corrected chi connectivity index (χ2v) is 11.6. The quantitative estimate of drug-likeness (QED) is 0.664. The fourth-order valence-electron chi connectivity index (χ4n) is 9.89. The Bertz CT molecular complexity index is 672. The molecule has 25 heavy (non-hydrogen) atoms. The first-order chi connectivity index (χ1) is 11.9. The Kier molecular flexibility index (Phi) is 2.30. The number of fused-ring (bicyclic) bond motifs is 12. The zero-order valence-corrected chi connectivity index (χ0v) is 15.6. The van der Waals surface area contributed by atoms with Gasteiger partial charge in [-0.2, -0.15) is 0 Å². The van der Waals surface area contributed by atoms with Crippen molar-refractivity contribution in [3.8, 4) is 0 Å². The molecule has 1 aliphatic heterocycles. The van der Waals surface area contributed by atoms with Crippen molar-refractivity contribution in [2.45, 2.75) is 76.1 Å². The number of aliphatic hydroxyl groups is 2. The number of epoxide rings is 1. The molecule has 1 heterocycles. The van der Waals surface area contributed by atoms with Gasteiger partial charge in [0.15, 0.2) is 0 Å². The Hall–Kier alpha value is -0.120. The van der Waals surface area contributed by atoms with E-state index < -0.39 is 5.60 Å². The topological polar surface area (TPSA) is 53.0 Å². The second kappa shape index (κ2) is 3.86. The Morgan fingerprint density at radius 1 is 0.920 bits per heavy atom. The van der Waals surface area contributed by atoms with E-state index in [4.69, 9.17) is 4.74 Å². The van der Waals surface area contributed by atoms with E-state index in [1.807, 2.05) is 0 Å². The number of rotatable bonds is 0. The smallest absolute Gasteiger partial charge is 0.100 e. The van der Waals surface area contributed by atoms with Gasteiger partial charge in [0.2, 0.25) is 0 Å². The molecule has 0 aromatic carbocycles. The maximum absolute atomic E-state index is 11.8. The number of hydrogen-bond donors (Lipinski definition) is 2. The van der Waals surface area contributed by atoms with Gasteiger partial charge in [0, 0.05) is 11.8 Å². The van der Waals surface area contributed by atoms with Crippen molar-refractivity contribution in [1.29, 1.82) is 0 Å². The van der Waals surface area contributed by atoms with Gasteiger partial charge in [-0.15, -0.1) is 0 Å². The van der Waals surface area contributed by atoms with Crippen molar-refractivity contribution in [3.05, 3.63) is 0 Å². The molecule has 7 aliphatic rings. The lowest BCUT2D eigenvalue weighted by molar-refractivity contribution is -0.228. The predicted molar refractivity (Wildman–Crippen MR) is 92.6 cm³/mol. The first-order valence-electron chi connectivity index (χ1n) is 10.9. The van der Waals surface area contributed by atoms with Crippen LogP contribution in [0.2, 0.25) is 0 Å². The minimum absolute atomic E-state index is 0.0282. The van der Waals surface area contributed by atoms with Gasteiger partial charge in [-0.25, -0.2) is 0 Å². The third-order valence-corrected chi connectivity index (χ3v) is 11.2. The predicted octanol–water partition coefficient (Wildman–Crippen LogP) is 2.99. The number of aliphatic hydroxyl groups excluding tert-OH is 1. The van der Waals surface area contributed by atoms with Crippen molar-refractivity contribution >= 4 is 0 Å². The van der Waals surface area contributed by atoms with E-state index in [1.54, 1.807) is 0 Å². The molecule has 138 valence electrons. The minimum atomic E-state index is -0.598. The summed E-state index contributed by atoms with van der Waals surface area (Å²) >= 11 is 0. The highest BCUT2D eigenvalue weighted by atomic mass is 16.6. The molecule has 7 rings (SSSR count). The fraction of sp³-hybridized carbons (Fsp3) is 1.00. The van der Waals surface area contributed by atoms with Crippen LogP contribution in [-0.2, 0) is 4.74 Å². The first-order valence-corrected chi connectivity index (χ1v) is 10.9. The normalized spacial score (nSPS) is 74.4. The summed E-state index contributed by atoms with van der Waals surface area (Å²) in [5.41, 5.74) is 0.101. The van der Waals surface area contributed by atoms with Gasteiger partial charge in [-0.1, -0.05) is 13.8 Å². The summed E-state index contributed by atoms with van der Waals surface area (Å²) in [4.78, 5) is 0. The Labute approximate surface area is 150 Å². The summed E-state index contributed by atoms with van der Waals surface area (Å²) in [6.07, 6.45) is 7.48. The minimum Gasteiger partial charge on any atom is -0.393 e. The molecule has 7 fully saturated rings. The highest BCUT2D eigenvalue weighted by Gasteiger charge is 2.84. The SMILES string of the molecule is C[C@]12CCC3C(C4CC4[C@]4(O)C[C@@H](O)CC[C@]34C)C1C1CC1[C@@]21CO1. The zero-order chi connectivity index (χ0) is 17.0. The van der Waals surface area contributed by atoms with E-state index in [0.717, 1.165) is 49.0 Å². The molecule has 7 unspecified atom stereocenters. The summed E-state index contributed by atoms with van der Waals surface area (Å²) in [7, 11) is 0. The van der Waals surface area contributed by atoms with Crippen LogP contribution in [0.3, 0.4) is 0 Å². The lowest BCUT2D eigenvalue weighted by Gasteiger charge is -2.64. The molecule has 0 aromatic heterocycles. The molecule has 1 spiro atoms. The molecule has 1 saturated heterocycles. The lowest BCUT2D eigenvalue weighted by Crippen LogP contribution is -2.65. The van der Waals surface area contributed by atoms with Gasteiger partial charge < -0.3 is 14.9 Å². The van der Waals surface area contributed by atoms with Crippen LogP contribution >= 0.6 is 0 Å². The van der Waals surface area contributed by atoms with E-state index in [9.17, 15) is 10.2 Å². The van der Waals surface area contributed by atoms with Gasteiger partial charge in [-0.05, 0) is 85.4 Å². The molecule has 3 heteroatoms. The maximum Gasteiger partial charge on any atom is 0.100 e. The van der Waals surface area contributed by atoms with Crippen LogP contribution in [0.25, 0.3) is 0 Å². The van der Waals surface area contributed by atoms with E-state index >= 15 is 0 Å². The molecule has 0 bridgehead atoms. The molecular weight excluding hydrogens is 312 g/mol. The van der Waals surface area contributed by atoms with Crippen molar-refractivity contribution in [2.24, 2.45) is 52.3 Å². The third-order valence-electron chi connectivity index (χ3n) is 11.2. The summed E-state index contributed by atoms with van der Waals surface area (Å²) in [5.74, 6) is 5.32. The van der Waals surface area contributed by atoms with Crippen molar-refractivity contribution in [1.82, 2.24) is 0 Å². The van der Waals surface area contributed by atoms with Crippen LogP contribution in [0.15, 0.2) is 0 Å². The van der Waals surface area contributed by atoms with Crippen LogP contribution in [0.5, 0.6) is 0 Å². The van der Waals surface area contributed by atoms with Crippen molar-refractivity contribution < 1.29 is 14.9 Å². The van der Waals surface area contributed by atoms with E-state index in [2.05, 4.69) is 13.8 Å². The highest BCUT2D eigenvalue weighted by Crippen LogP contribution is 2.84. The van der Waals surface area contributed by atoms with E-state index in [1.165, 1.54) is 25.7 Å². The monoisotopic (exact) mass is 344 g/mol. The average molecular weight is 344 g/mol. The molecule has 0 amide bonds. The van der Waals surface area contributed by atoms with E-state index in [0.29, 0.717) is 23.7 Å². The molecular formula is C22H32O3. The standard InChI is InChI=1S/C22H32O3/c1-19-5-3-11(23)9-21(19,24)15-7-12(15)17-14(19)4-6-20(2)18(17)13-8-16(13)22(20)10-25-22/h11-18,23-24H,3-10H2,1-2H3/t11-,12?,13?,14?,15?,16?,17?,18?,19+,20-,21+,22-/m0/s1. The van der Waals surface area contributed by atoms with Crippen LogP contribution in [0.4, 0.5) is 0 Å². The Morgan fingerprint density at radius 3 is 2.40 bits per heavy atom. The van der Waals surface area contributed by atoms with Crippen LogP contribution in [0.1, 0.15) is 58.8 Å². The number of hydrogen-bond acceptors (Lipinski definition) is 3. The number of ether oxygens (including phenoxy) is 1. The summed E-state index contributed by atoms with van der Waals surface area (Å²) < 4.78 is 6.20. The maximum atomic E-state index is 11.8. The van der Waals surface area contributed by atoms with Crippen molar-refractivity contribution in [3.63, 3.8) is 0 Å².